The Morgan fingerprint density at radius 2 is 2.06 bits per heavy atom. The summed E-state index contributed by atoms with van der Waals surface area (Å²) in [5.74, 6) is 0.771. The van der Waals surface area contributed by atoms with Crippen molar-refractivity contribution in [1.29, 1.82) is 0 Å². The molecular weight excluding hydrogens is 226 g/mol. The van der Waals surface area contributed by atoms with Crippen molar-refractivity contribution in [3.63, 3.8) is 0 Å². The highest BCUT2D eigenvalue weighted by Gasteiger charge is 2.33. The Balaban J connectivity index is 2.65. The minimum Gasteiger partial charge on any atom is -0.339 e. The number of sulfone groups is 1. The molecule has 4 nitrogen and oxygen atoms in total. The lowest BCUT2D eigenvalue weighted by Crippen LogP contribution is -2.41. The summed E-state index contributed by atoms with van der Waals surface area (Å²) in [4.78, 5) is 13.6. The normalized spacial score (nSPS) is 23.6. The molecule has 16 heavy (non-hydrogen) atoms. The molecule has 0 spiro atoms. The molecule has 1 aliphatic rings. The van der Waals surface area contributed by atoms with Crippen molar-refractivity contribution >= 4 is 15.7 Å². The summed E-state index contributed by atoms with van der Waals surface area (Å²) in [5.41, 5.74) is 0. The van der Waals surface area contributed by atoms with Gasteiger partial charge in [-0.25, -0.2) is 8.42 Å². The molecule has 0 bridgehead atoms. The van der Waals surface area contributed by atoms with Gasteiger partial charge >= 0.3 is 0 Å². The van der Waals surface area contributed by atoms with Crippen molar-refractivity contribution in [3.05, 3.63) is 0 Å². The van der Waals surface area contributed by atoms with Crippen LogP contribution in [0.5, 0.6) is 0 Å². The molecule has 1 saturated heterocycles. The predicted octanol–water partition coefficient (Wildman–Crippen LogP) is 1.07. The molecule has 1 amide bonds. The van der Waals surface area contributed by atoms with E-state index in [9.17, 15) is 13.2 Å². The first-order valence-corrected chi connectivity index (χ1v) is 7.67. The second kappa shape index (κ2) is 5.17. The maximum absolute atomic E-state index is 11.9. The van der Waals surface area contributed by atoms with Crippen LogP contribution in [-0.4, -0.2) is 43.3 Å². The molecular formula is C11H21NO3S. The van der Waals surface area contributed by atoms with Gasteiger partial charge < -0.3 is 4.90 Å². The number of carbonyl (C=O) groups excluding carboxylic acids is 1. The van der Waals surface area contributed by atoms with Crippen molar-refractivity contribution in [1.82, 2.24) is 4.90 Å². The monoisotopic (exact) mass is 247 g/mol. The van der Waals surface area contributed by atoms with Gasteiger partial charge in [0.25, 0.3) is 0 Å². The second-order valence-corrected chi connectivity index (χ2v) is 7.06. The summed E-state index contributed by atoms with van der Waals surface area (Å²) in [6, 6.07) is -0.0961. The van der Waals surface area contributed by atoms with Crippen LogP contribution in [0.3, 0.4) is 0 Å². The van der Waals surface area contributed by atoms with Crippen LogP contribution in [0.25, 0.3) is 0 Å². The van der Waals surface area contributed by atoms with Gasteiger partial charge in [-0.1, -0.05) is 13.8 Å². The molecule has 0 aromatic rings. The lowest BCUT2D eigenvalue weighted by Gasteiger charge is -2.27. The van der Waals surface area contributed by atoms with Crippen LogP contribution in [0.15, 0.2) is 0 Å². The zero-order valence-corrected chi connectivity index (χ0v) is 11.1. The highest BCUT2D eigenvalue weighted by Crippen LogP contribution is 2.19. The first-order valence-electron chi connectivity index (χ1n) is 5.85. The number of hydrogen-bond donors (Lipinski definition) is 0. The SMILES string of the molecule is CCN(C(=O)CC(C)C)C1CCS(=O)(=O)C1. The van der Waals surface area contributed by atoms with E-state index in [0.717, 1.165) is 0 Å². The maximum atomic E-state index is 11.9. The summed E-state index contributed by atoms with van der Waals surface area (Å²) >= 11 is 0. The Morgan fingerprint density at radius 1 is 1.44 bits per heavy atom. The Labute approximate surface area is 97.9 Å². The highest BCUT2D eigenvalue weighted by atomic mass is 32.2. The van der Waals surface area contributed by atoms with E-state index in [0.29, 0.717) is 25.3 Å². The van der Waals surface area contributed by atoms with Crippen LogP contribution in [0.2, 0.25) is 0 Å². The third-order valence-corrected chi connectivity index (χ3v) is 4.64. The van der Waals surface area contributed by atoms with Gasteiger partial charge in [-0.3, -0.25) is 4.79 Å². The van der Waals surface area contributed by atoms with Crippen LogP contribution in [0.1, 0.15) is 33.6 Å². The summed E-state index contributed by atoms with van der Waals surface area (Å²) < 4.78 is 22.7. The predicted molar refractivity (Wildman–Crippen MR) is 63.9 cm³/mol. The van der Waals surface area contributed by atoms with Gasteiger partial charge in [-0.05, 0) is 19.3 Å². The van der Waals surface area contributed by atoms with E-state index in [1.165, 1.54) is 0 Å². The molecule has 0 aromatic carbocycles. The Bertz CT molecular complexity index is 348. The van der Waals surface area contributed by atoms with Gasteiger partial charge in [0.05, 0.1) is 11.5 Å². The standard InChI is InChI=1S/C11H21NO3S/c1-4-12(11(13)7-9(2)3)10-5-6-16(14,15)8-10/h9-10H,4-8H2,1-3H3. The van der Waals surface area contributed by atoms with Crippen molar-refractivity contribution in [2.24, 2.45) is 5.92 Å². The number of rotatable bonds is 4. The Kier molecular flexibility index (Phi) is 4.35. The first-order chi connectivity index (χ1) is 7.35. The zero-order chi connectivity index (χ0) is 12.3. The average molecular weight is 247 g/mol. The molecule has 0 aliphatic carbocycles. The zero-order valence-electron chi connectivity index (χ0n) is 10.3. The van der Waals surface area contributed by atoms with Crippen LogP contribution in [0, 0.1) is 5.92 Å². The third kappa shape index (κ3) is 3.47. The van der Waals surface area contributed by atoms with E-state index < -0.39 is 9.84 Å². The fraction of sp³-hybridized carbons (Fsp3) is 0.909. The fourth-order valence-corrected chi connectivity index (χ4v) is 3.86. The van der Waals surface area contributed by atoms with Crippen LogP contribution >= 0.6 is 0 Å². The molecule has 94 valence electrons. The van der Waals surface area contributed by atoms with Crippen LogP contribution in [0.4, 0.5) is 0 Å². The molecule has 1 fully saturated rings. The Hall–Kier alpha value is -0.580. The van der Waals surface area contributed by atoms with E-state index in [-0.39, 0.29) is 23.5 Å². The molecule has 0 radical (unpaired) electrons. The number of carbonyl (C=O) groups is 1. The van der Waals surface area contributed by atoms with Gasteiger partial charge in [0.1, 0.15) is 0 Å². The molecule has 1 rings (SSSR count). The van der Waals surface area contributed by atoms with Crippen LogP contribution < -0.4 is 0 Å². The quantitative estimate of drug-likeness (QED) is 0.746. The fourth-order valence-electron chi connectivity index (χ4n) is 2.13. The van der Waals surface area contributed by atoms with Gasteiger partial charge in [0, 0.05) is 19.0 Å². The van der Waals surface area contributed by atoms with Gasteiger partial charge in [0.15, 0.2) is 9.84 Å². The summed E-state index contributed by atoms with van der Waals surface area (Å²) in [7, 11) is -2.91. The molecule has 5 heteroatoms. The molecule has 1 unspecified atom stereocenters. The smallest absolute Gasteiger partial charge is 0.223 e. The number of amides is 1. The minimum atomic E-state index is -2.91. The molecule has 0 aromatic heterocycles. The van der Waals surface area contributed by atoms with Crippen molar-refractivity contribution < 1.29 is 13.2 Å². The van der Waals surface area contributed by atoms with Gasteiger partial charge in [-0.15, -0.1) is 0 Å². The third-order valence-electron chi connectivity index (χ3n) is 2.89. The van der Waals surface area contributed by atoms with Gasteiger partial charge in [-0.2, -0.15) is 0 Å². The molecule has 1 atom stereocenters. The number of hydrogen-bond acceptors (Lipinski definition) is 3. The molecule has 1 aliphatic heterocycles. The van der Waals surface area contributed by atoms with E-state index in [2.05, 4.69) is 0 Å². The maximum Gasteiger partial charge on any atom is 0.223 e. The summed E-state index contributed by atoms with van der Waals surface area (Å²) in [5, 5.41) is 0. The van der Waals surface area contributed by atoms with Crippen molar-refractivity contribution in [2.75, 3.05) is 18.1 Å². The summed E-state index contributed by atoms with van der Waals surface area (Å²) in [6.45, 7) is 6.50. The molecule has 0 saturated carbocycles. The lowest BCUT2D eigenvalue weighted by atomic mass is 10.1. The first kappa shape index (κ1) is 13.5. The molecule has 1 heterocycles. The van der Waals surface area contributed by atoms with Crippen molar-refractivity contribution in [2.45, 2.75) is 39.7 Å². The molecule has 0 N–H and O–H groups in total. The minimum absolute atomic E-state index is 0.0830. The number of nitrogens with zero attached hydrogens (tertiary/aromatic N) is 1. The summed E-state index contributed by atoms with van der Waals surface area (Å²) in [6.07, 6.45) is 1.10. The topological polar surface area (TPSA) is 54.5 Å². The lowest BCUT2D eigenvalue weighted by molar-refractivity contribution is -0.133. The van der Waals surface area contributed by atoms with Crippen LogP contribution in [-0.2, 0) is 14.6 Å². The van der Waals surface area contributed by atoms with E-state index in [4.69, 9.17) is 0 Å². The van der Waals surface area contributed by atoms with E-state index >= 15 is 0 Å². The Morgan fingerprint density at radius 3 is 2.44 bits per heavy atom. The van der Waals surface area contributed by atoms with E-state index in [1.54, 1.807) is 4.90 Å². The van der Waals surface area contributed by atoms with Gasteiger partial charge in [0.2, 0.25) is 5.91 Å². The highest BCUT2D eigenvalue weighted by molar-refractivity contribution is 7.91. The average Bonchev–Trinajstić information content (AvgIpc) is 2.46. The van der Waals surface area contributed by atoms with E-state index in [1.807, 2.05) is 20.8 Å². The van der Waals surface area contributed by atoms with Crippen molar-refractivity contribution in [3.8, 4) is 0 Å². The second-order valence-electron chi connectivity index (χ2n) is 4.83. The largest absolute Gasteiger partial charge is 0.339 e.